The Balaban J connectivity index is 2.68. The lowest BCUT2D eigenvalue weighted by atomic mass is 10.1. The van der Waals surface area contributed by atoms with Crippen LogP contribution in [0.1, 0.15) is 30.6 Å². The Morgan fingerprint density at radius 1 is 1.29 bits per heavy atom. The standard InChI is InChI=1S/C14H13F3O4/c1-8(13(19)20)7-12(18)21-9(2)10-3-5-11(6-4-10)14(15,16)17/h3-6,9H,1,7H2,2H3,(H,19,20)/t9-/m0/s1. The van der Waals surface area contributed by atoms with E-state index in [1.807, 2.05) is 0 Å². The molecule has 0 aliphatic carbocycles. The number of ether oxygens (including phenoxy) is 1. The van der Waals surface area contributed by atoms with Crippen molar-refractivity contribution in [3.05, 3.63) is 47.5 Å². The van der Waals surface area contributed by atoms with Gasteiger partial charge in [-0.15, -0.1) is 0 Å². The number of carbonyl (C=O) groups is 2. The third kappa shape index (κ3) is 4.94. The van der Waals surface area contributed by atoms with E-state index in [0.717, 1.165) is 12.1 Å². The zero-order valence-electron chi connectivity index (χ0n) is 11.1. The molecule has 0 heterocycles. The second-order valence-corrected chi connectivity index (χ2v) is 4.34. The summed E-state index contributed by atoms with van der Waals surface area (Å²) < 4.78 is 42.1. The van der Waals surface area contributed by atoms with Crippen molar-refractivity contribution in [2.24, 2.45) is 0 Å². The van der Waals surface area contributed by atoms with E-state index in [9.17, 15) is 22.8 Å². The first-order valence-corrected chi connectivity index (χ1v) is 5.89. The minimum atomic E-state index is -4.43. The summed E-state index contributed by atoms with van der Waals surface area (Å²) in [5.41, 5.74) is -0.749. The van der Waals surface area contributed by atoms with Gasteiger partial charge in [0.05, 0.1) is 12.0 Å². The van der Waals surface area contributed by atoms with Gasteiger partial charge in [0.15, 0.2) is 0 Å². The number of alkyl halides is 3. The molecule has 0 saturated carbocycles. The van der Waals surface area contributed by atoms with E-state index in [1.165, 1.54) is 19.1 Å². The fourth-order valence-corrected chi connectivity index (χ4v) is 1.50. The molecule has 1 N–H and O–H groups in total. The van der Waals surface area contributed by atoms with Gasteiger partial charge in [-0.05, 0) is 24.6 Å². The zero-order chi connectivity index (χ0) is 16.2. The summed E-state index contributed by atoms with van der Waals surface area (Å²) in [7, 11) is 0. The number of carboxylic acid groups (broad SMARTS) is 1. The second-order valence-electron chi connectivity index (χ2n) is 4.34. The van der Waals surface area contributed by atoms with E-state index in [-0.39, 0.29) is 5.57 Å². The van der Waals surface area contributed by atoms with Crippen LogP contribution in [-0.2, 0) is 20.5 Å². The van der Waals surface area contributed by atoms with Crippen LogP contribution in [0.25, 0.3) is 0 Å². The van der Waals surface area contributed by atoms with Gasteiger partial charge in [-0.3, -0.25) is 4.79 Å². The van der Waals surface area contributed by atoms with Gasteiger partial charge in [0.25, 0.3) is 0 Å². The van der Waals surface area contributed by atoms with Crippen LogP contribution in [-0.4, -0.2) is 17.0 Å². The SMILES string of the molecule is C=C(CC(=O)O[C@@H](C)c1ccc(C(F)(F)F)cc1)C(=O)O. The Morgan fingerprint density at radius 2 is 1.81 bits per heavy atom. The molecule has 0 unspecified atom stereocenters. The van der Waals surface area contributed by atoms with Gasteiger partial charge in [0.2, 0.25) is 0 Å². The lowest BCUT2D eigenvalue weighted by Crippen LogP contribution is -2.12. The molecule has 0 amide bonds. The van der Waals surface area contributed by atoms with Gasteiger partial charge >= 0.3 is 18.1 Å². The number of hydrogen-bond donors (Lipinski definition) is 1. The molecule has 0 aromatic heterocycles. The van der Waals surface area contributed by atoms with Crippen LogP contribution in [0, 0.1) is 0 Å². The lowest BCUT2D eigenvalue weighted by molar-refractivity contribution is -0.149. The highest BCUT2D eigenvalue weighted by Gasteiger charge is 2.30. The molecule has 0 fully saturated rings. The van der Waals surface area contributed by atoms with Gasteiger partial charge in [0, 0.05) is 5.57 Å². The van der Waals surface area contributed by atoms with Gasteiger partial charge in [0.1, 0.15) is 6.10 Å². The van der Waals surface area contributed by atoms with Crippen LogP contribution in [0.3, 0.4) is 0 Å². The fourth-order valence-electron chi connectivity index (χ4n) is 1.50. The summed E-state index contributed by atoms with van der Waals surface area (Å²) >= 11 is 0. The third-order valence-corrected chi connectivity index (χ3v) is 2.68. The molecule has 0 bridgehead atoms. The first-order chi connectivity index (χ1) is 9.61. The molecule has 0 aliphatic rings. The van der Waals surface area contributed by atoms with E-state index in [0.29, 0.717) is 5.56 Å². The molecule has 1 atom stereocenters. The molecule has 0 aliphatic heterocycles. The van der Waals surface area contributed by atoms with E-state index < -0.39 is 36.2 Å². The molecule has 1 aromatic rings. The van der Waals surface area contributed by atoms with Crippen molar-refractivity contribution in [1.82, 2.24) is 0 Å². The Labute approximate surface area is 118 Å². The maximum Gasteiger partial charge on any atom is 0.416 e. The summed E-state index contributed by atoms with van der Waals surface area (Å²) in [6.07, 6.45) is -5.71. The van der Waals surface area contributed by atoms with Crippen molar-refractivity contribution in [2.45, 2.75) is 25.6 Å². The molecule has 21 heavy (non-hydrogen) atoms. The minimum Gasteiger partial charge on any atom is -0.478 e. The minimum absolute atomic E-state index is 0.320. The molecular weight excluding hydrogens is 289 g/mol. The molecule has 0 radical (unpaired) electrons. The maximum atomic E-state index is 12.4. The number of rotatable bonds is 5. The van der Waals surface area contributed by atoms with Crippen molar-refractivity contribution < 1.29 is 32.6 Å². The van der Waals surface area contributed by atoms with Crippen molar-refractivity contribution in [1.29, 1.82) is 0 Å². The summed E-state index contributed by atoms with van der Waals surface area (Å²) in [6, 6.07) is 4.17. The van der Waals surface area contributed by atoms with Gasteiger partial charge < -0.3 is 9.84 Å². The fraction of sp³-hybridized carbons (Fsp3) is 0.286. The first-order valence-electron chi connectivity index (χ1n) is 5.89. The van der Waals surface area contributed by atoms with Crippen LogP contribution in [0.2, 0.25) is 0 Å². The van der Waals surface area contributed by atoms with Crippen molar-refractivity contribution in [3.8, 4) is 0 Å². The van der Waals surface area contributed by atoms with Gasteiger partial charge in [-0.1, -0.05) is 18.7 Å². The van der Waals surface area contributed by atoms with Gasteiger partial charge in [-0.25, -0.2) is 4.79 Å². The van der Waals surface area contributed by atoms with E-state index >= 15 is 0 Å². The van der Waals surface area contributed by atoms with Crippen LogP contribution < -0.4 is 0 Å². The van der Waals surface area contributed by atoms with Crippen LogP contribution in [0.5, 0.6) is 0 Å². The molecule has 0 saturated heterocycles. The molecule has 7 heteroatoms. The summed E-state index contributed by atoms with van der Waals surface area (Å²) in [5.74, 6) is -2.12. The highest BCUT2D eigenvalue weighted by atomic mass is 19.4. The average molecular weight is 302 g/mol. The highest BCUT2D eigenvalue weighted by Crippen LogP contribution is 2.30. The monoisotopic (exact) mass is 302 g/mol. The average Bonchev–Trinajstić information content (AvgIpc) is 2.37. The molecule has 4 nitrogen and oxygen atoms in total. The van der Waals surface area contributed by atoms with Crippen LogP contribution in [0.4, 0.5) is 13.2 Å². The Kier molecular flexibility index (Phi) is 5.12. The Bertz CT molecular complexity index is 546. The number of halogens is 3. The number of aliphatic carboxylic acids is 1. The summed E-state index contributed by atoms with van der Waals surface area (Å²) in [5, 5.41) is 8.57. The summed E-state index contributed by atoms with van der Waals surface area (Å²) in [6.45, 7) is 4.66. The number of hydrogen-bond acceptors (Lipinski definition) is 3. The smallest absolute Gasteiger partial charge is 0.416 e. The van der Waals surface area contributed by atoms with E-state index in [1.54, 1.807) is 0 Å². The van der Waals surface area contributed by atoms with Crippen LogP contribution >= 0.6 is 0 Å². The van der Waals surface area contributed by atoms with Gasteiger partial charge in [-0.2, -0.15) is 13.2 Å². The number of carboxylic acids is 1. The van der Waals surface area contributed by atoms with E-state index in [2.05, 4.69) is 6.58 Å². The van der Waals surface area contributed by atoms with Crippen molar-refractivity contribution >= 4 is 11.9 Å². The molecule has 1 rings (SSSR count). The lowest BCUT2D eigenvalue weighted by Gasteiger charge is -2.14. The molecule has 0 spiro atoms. The quantitative estimate of drug-likeness (QED) is 0.669. The van der Waals surface area contributed by atoms with Crippen molar-refractivity contribution in [3.63, 3.8) is 0 Å². The highest BCUT2D eigenvalue weighted by molar-refractivity contribution is 5.91. The zero-order valence-corrected chi connectivity index (χ0v) is 11.1. The van der Waals surface area contributed by atoms with Crippen molar-refractivity contribution in [2.75, 3.05) is 0 Å². The predicted octanol–water partition coefficient (Wildman–Crippen LogP) is 3.34. The number of esters is 1. The third-order valence-electron chi connectivity index (χ3n) is 2.68. The Hall–Kier alpha value is -2.31. The second kappa shape index (κ2) is 6.43. The van der Waals surface area contributed by atoms with E-state index in [4.69, 9.17) is 9.84 Å². The molecule has 1 aromatic carbocycles. The largest absolute Gasteiger partial charge is 0.478 e. The maximum absolute atomic E-state index is 12.4. The molecule has 114 valence electrons. The number of benzene rings is 1. The number of carbonyl (C=O) groups excluding carboxylic acids is 1. The van der Waals surface area contributed by atoms with Crippen LogP contribution in [0.15, 0.2) is 36.4 Å². The predicted molar refractivity (Wildman–Crippen MR) is 67.3 cm³/mol. The topological polar surface area (TPSA) is 63.6 Å². The summed E-state index contributed by atoms with van der Waals surface area (Å²) in [4.78, 5) is 21.9. The normalized spacial score (nSPS) is 12.6. The first kappa shape index (κ1) is 16.7. The Morgan fingerprint density at radius 3 is 2.24 bits per heavy atom. The molecular formula is C14H13F3O4.